The van der Waals surface area contributed by atoms with Gasteiger partial charge in [-0.2, -0.15) is 9.78 Å². The monoisotopic (exact) mass is 513 g/mol. The number of aromatic nitrogens is 3. The molecule has 5 rings (SSSR count). The van der Waals surface area contributed by atoms with Crippen LogP contribution in [0.1, 0.15) is 16.8 Å². The largest absolute Gasteiger partial charge is 0.493 e. The van der Waals surface area contributed by atoms with Gasteiger partial charge in [-0.15, -0.1) is 11.3 Å². The third kappa shape index (κ3) is 4.75. The first-order valence-corrected chi connectivity index (χ1v) is 12.8. The molecule has 0 fully saturated rings. The van der Waals surface area contributed by atoms with Gasteiger partial charge in [0.25, 0.3) is 0 Å². The van der Waals surface area contributed by atoms with E-state index in [0.29, 0.717) is 28.5 Å². The Kier molecular flexibility index (Phi) is 6.83. The average Bonchev–Trinajstić information content (AvgIpc) is 3.54. The first kappa shape index (κ1) is 23.8. The van der Waals surface area contributed by atoms with Gasteiger partial charge in [0.2, 0.25) is 11.0 Å². The Bertz CT molecular complexity index is 1510. The number of nitrogens with two attached hydrogens (primary N) is 2. The van der Waals surface area contributed by atoms with E-state index in [1.165, 1.54) is 28.0 Å². The molecule has 3 aromatic carbocycles. The van der Waals surface area contributed by atoms with Gasteiger partial charge in [-0.3, -0.25) is 10.5 Å². The van der Waals surface area contributed by atoms with Crippen LogP contribution in [-0.2, 0) is 6.42 Å². The number of hydrogen-bond donors (Lipinski definition) is 5. The highest BCUT2D eigenvalue weighted by Crippen LogP contribution is 2.36. The van der Waals surface area contributed by atoms with E-state index in [1.807, 2.05) is 54.6 Å². The van der Waals surface area contributed by atoms with E-state index in [-0.39, 0.29) is 11.7 Å². The lowest BCUT2D eigenvalue weighted by molar-refractivity contribution is 0.428. The fraction of sp³-hybridized carbons (Fsp3) is 0.0385. The second-order valence-corrected chi connectivity index (χ2v) is 9.53. The van der Waals surface area contributed by atoms with Crippen molar-refractivity contribution in [1.82, 2.24) is 20.2 Å². The van der Waals surface area contributed by atoms with E-state index < -0.39 is 0 Å². The minimum absolute atomic E-state index is 0.000490. The maximum atomic E-state index is 11.3. The summed E-state index contributed by atoms with van der Waals surface area (Å²) in [7, 11) is 0. The normalized spacial score (nSPS) is 10.9. The molecule has 0 aliphatic rings. The van der Waals surface area contributed by atoms with Crippen LogP contribution in [0.5, 0.6) is 5.88 Å². The van der Waals surface area contributed by atoms with Gasteiger partial charge in [0, 0.05) is 27.8 Å². The molecule has 0 unspecified atom stereocenters. The molecular formula is C26H23N7OS2. The minimum atomic E-state index is -0.0157. The lowest BCUT2D eigenvalue weighted by atomic mass is 9.98. The van der Waals surface area contributed by atoms with Crippen LogP contribution >= 0.6 is 23.3 Å². The number of amidine groups is 1. The molecule has 0 amide bonds. The van der Waals surface area contributed by atoms with Gasteiger partial charge in [-0.05, 0) is 46.8 Å². The molecule has 8 nitrogen and oxygen atoms in total. The Morgan fingerprint density at radius 3 is 2.44 bits per heavy atom. The van der Waals surface area contributed by atoms with Crippen molar-refractivity contribution < 1.29 is 5.11 Å². The van der Waals surface area contributed by atoms with Crippen molar-refractivity contribution in [2.24, 2.45) is 11.0 Å². The number of benzene rings is 3. The van der Waals surface area contributed by atoms with Crippen molar-refractivity contribution >= 4 is 29.1 Å². The number of rotatable bonds is 7. The summed E-state index contributed by atoms with van der Waals surface area (Å²) in [4.78, 5) is 5.39. The summed E-state index contributed by atoms with van der Waals surface area (Å²) in [6.07, 6.45) is 0.463. The fourth-order valence-corrected chi connectivity index (χ4v) is 4.95. The number of nitrogens with zero attached hydrogens (tertiary/aromatic N) is 3. The van der Waals surface area contributed by atoms with Crippen molar-refractivity contribution in [2.45, 2.75) is 11.3 Å². The Hall–Kier alpha value is -3.96. The quantitative estimate of drug-likeness (QED) is 0.0698. The maximum Gasteiger partial charge on any atom is 0.220 e. The standard InChI is InChI=1S/C26H23N7OS2/c27-24(31-28)22-15-35-26(30-22)33-25(34)21(13-16-9-11-20(36-29)12-10-16)23(32-33)19-8-4-7-18(14-19)17-5-2-1-3-6-17/h1-12,14-15,34H,13,28-29H2,(H2,27,31). The average molecular weight is 514 g/mol. The van der Waals surface area contributed by atoms with E-state index in [4.69, 9.17) is 21.5 Å². The van der Waals surface area contributed by atoms with Crippen LogP contribution in [-0.4, -0.2) is 25.7 Å². The smallest absolute Gasteiger partial charge is 0.220 e. The Morgan fingerprint density at radius 1 is 1.00 bits per heavy atom. The van der Waals surface area contributed by atoms with Crippen LogP contribution in [0.25, 0.3) is 27.5 Å². The number of aromatic hydroxyl groups is 1. The molecule has 0 atom stereocenters. The van der Waals surface area contributed by atoms with Crippen LogP contribution in [0, 0.1) is 5.41 Å². The second kappa shape index (κ2) is 10.3. The van der Waals surface area contributed by atoms with Gasteiger partial charge >= 0.3 is 0 Å². The van der Waals surface area contributed by atoms with Crippen LogP contribution < -0.4 is 16.4 Å². The van der Waals surface area contributed by atoms with Crippen LogP contribution in [0.3, 0.4) is 0 Å². The van der Waals surface area contributed by atoms with Crippen molar-refractivity contribution in [1.29, 1.82) is 5.41 Å². The molecule has 0 bridgehead atoms. The molecule has 7 N–H and O–H groups in total. The molecule has 5 aromatic rings. The summed E-state index contributed by atoms with van der Waals surface area (Å²) in [5.74, 6) is 5.35. The number of nitrogens with one attached hydrogen (secondary N) is 2. The van der Waals surface area contributed by atoms with Crippen molar-refractivity contribution in [2.75, 3.05) is 0 Å². The predicted molar refractivity (Wildman–Crippen MR) is 145 cm³/mol. The SMILES string of the molecule is N=C(NN)c1csc(-n2nc(-c3cccc(-c4ccccc4)c3)c(Cc3ccc(SN)cc3)c2O)n1. The zero-order valence-corrected chi connectivity index (χ0v) is 20.7. The second-order valence-electron chi connectivity index (χ2n) is 7.98. The van der Waals surface area contributed by atoms with Crippen molar-refractivity contribution in [3.05, 3.63) is 101 Å². The number of hydrogen-bond acceptors (Lipinski definition) is 8. The van der Waals surface area contributed by atoms with Gasteiger partial charge in [0.1, 0.15) is 11.4 Å². The zero-order chi connectivity index (χ0) is 25.1. The molecule has 0 radical (unpaired) electrons. The summed E-state index contributed by atoms with van der Waals surface area (Å²) in [5.41, 5.74) is 8.03. The molecule has 0 saturated heterocycles. The van der Waals surface area contributed by atoms with E-state index >= 15 is 0 Å². The van der Waals surface area contributed by atoms with E-state index in [1.54, 1.807) is 5.38 Å². The topological polar surface area (TPSA) is 139 Å². The third-order valence-electron chi connectivity index (χ3n) is 5.71. The van der Waals surface area contributed by atoms with E-state index in [0.717, 1.165) is 27.1 Å². The summed E-state index contributed by atoms with van der Waals surface area (Å²) in [5, 5.41) is 31.8. The summed E-state index contributed by atoms with van der Waals surface area (Å²) in [6, 6.07) is 26.1. The molecule has 2 aromatic heterocycles. The minimum Gasteiger partial charge on any atom is -0.493 e. The lowest BCUT2D eigenvalue weighted by Crippen LogP contribution is -2.30. The first-order chi connectivity index (χ1) is 17.6. The molecule has 180 valence electrons. The molecule has 0 aliphatic heterocycles. The highest BCUT2D eigenvalue weighted by atomic mass is 32.2. The van der Waals surface area contributed by atoms with Crippen molar-refractivity contribution in [3.8, 4) is 33.4 Å². The molecule has 0 spiro atoms. The van der Waals surface area contributed by atoms with Gasteiger partial charge in [0.05, 0.1) is 0 Å². The van der Waals surface area contributed by atoms with Gasteiger partial charge in [-0.25, -0.2) is 10.8 Å². The molecule has 0 saturated carbocycles. The molecule has 36 heavy (non-hydrogen) atoms. The summed E-state index contributed by atoms with van der Waals surface area (Å²) >= 11 is 2.46. The Morgan fingerprint density at radius 2 is 1.72 bits per heavy atom. The first-order valence-electron chi connectivity index (χ1n) is 11.0. The lowest BCUT2D eigenvalue weighted by Gasteiger charge is -2.07. The number of thiazole rings is 1. The van der Waals surface area contributed by atoms with Crippen LogP contribution in [0.15, 0.2) is 89.1 Å². The zero-order valence-electron chi connectivity index (χ0n) is 19.1. The Labute approximate surface area is 216 Å². The van der Waals surface area contributed by atoms with Crippen molar-refractivity contribution in [3.63, 3.8) is 0 Å². The Balaban J connectivity index is 1.62. The molecule has 10 heteroatoms. The molecule has 2 heterocycles. The van der Waals surface area contributed by atoms with Gasteiger partial charge < -0.3 is 10.5 Å². The third-order valence-corrected chi connectivity index (χ3v) is 7.07. The predicted octanol–water partition coefficient (Wildman–Crippen LogP) is 4.71. The summed E-state index contributed by atoms with van der Waals surface area (Å²) < 4.78 is 1.42. The van der Waals surface area contributed by atoms with E-state index in [9.17, 15) is 5.11 Å². The van der Waals surface area contributed by atoms with E-state index in [2.05, 4.69) is 34.7 Å². The molecule has 0 aliphatic carbocycles. The molecular weight excluding hydrogens is 490 g/mol. The number of hydrazine groups is 1. The highest BCUT2D eigenvalue weighted by molar-refractivity contribution is 7.97. The maximum absolute atomic E-state index is 11.3. The fourth-order valence-electron chi connectivity index (χ4n) is 3.89. The summed E-state index contributed by atoms with van der Waals surface area (Å²) in [6.45, 7) is 0. The van der Waals surface area contributed by atoms with Crippen LogP contribution in [0.4, 0.5) is 0 Å². The highest BCUT2D eigenvalue weighted by Gasteiger charge is 2.22. The van der Waals surface area contributed by atoms with Gasteiger partial charge in [-0.1, -0.05) is 60.7 Å². The van der Waals surface area contributed by atoms with Gasteiger partial charge in [0.15, 0.2) is 5.84 Å². The van der Waals surface area contributed by atoms with Crippen LogP contribution in [0.2, 0.25) is 0 Å².